The Hall–Kier alpha value is -1.67. The first-order chi connectivity index (χ1) is 7.42. The number of aromatic amines is 1. The maximum absolute atomic E-state index is 11.5. The lowest BCUT2D eigenvalue weighted by Crippen LogP contribution is -2.26. The molecule has 0 unspecified atom stereocenters. The standard InChI is InChI=1S/C8H10N2O5S/c11-7-2-1-6(5-9-7)16(14,15)10-4-3-8(12)13/h1-2,5,10H,3-4H2,(H,9,11)(H,12,13). The third-order valence-corrected chi connectivity index (χ3v) is 3.16. The number of carbonyl (C=O) groups is 1. The number of pyridine rings is 1. The molecule has 1 aromatic rings. The zero-order valence-corrected chi connectivity index (χ0v) is 8.95. The molecule has 0 fully saturated rings. The van der Waals surface area contributed by atoms with Crippen LogP contribution in [0.25, 0.3) is 0 Å². The second-order valence-electron chi connectivity index (χ2n) is 2.93. The minimum Gasteiger partial charge on any atom is -0.481 e. The molecule has 0 aliphatic carbocycles. The molecule has 7 nitrogen and oxygen atoms in total. The highest BCUT2D eigenvalue weighted by molar-refractivity contribution is 7.89. The summed E-state index contributed by atoms with van der Waals surface area (Å²) in [5.41, 5.74) is -0.413. The van der Waals surface area contributed by atoms with Crippen molar-refractivity contribution in [2.45, 2.75) is 11.3 Å². The van der Waals surface area contributed by atoms with Gasteiger partial charge in [-0.05, 0) is 6.07 Å². The van der Waals surface area contributed by atoms with Crippen LogP contribution < -0.4 is 10.3 Å². The molecule has 0 atom stereocenters. The summed E-state index contributed by atoms with van der Waals surface area (Å²) in [7, 11) is -3.76. The van der Waals surface area contributed by atoms with Crippen LogP contribution in [0.15, 0.2) is 28.0 Å². The van der Waals surface area contributed by atoms with E-state index in [-0.39, 0.29) is 17.9 Å². The second-order valence-corrected chi connectivity index (χ2v) is 4.70. The summed E-state index contributed by atoms with van der Waals surface area (Å²) in [6, 6.07) is 2.22. The lowest BCUT2D eigenvalue weighted by atomic mass is 10.5. The van der Waals surface area contributed by atoms with Gasteiger partial charge in [0.15, 0.2) is 0 Å². The molecule has 0 aromatic carbocycles. The predicted octanol–water partition coefficient (Wildman–Crippen LogP) is -0.872. The summed E-state index contributed by atoms with van der Waals surface area (Å²) in [5.74, 6) is -1.09. The molecule has 0 aliphatic heterocycles. The third-order valence-electron chi connectivity index (χ3n) is 1.70. The van der Waals surface area contributed by atoms with Crippen molar-refractivity contribution in [1.29, 1.82) is 0 Å². The van der Waals surface area contributed by atoms with Gasteiger partial charge in [0.25, 0.3) is 0 Å². The molecule has 0 radical (unpaired) electrons. The van der Waals surface area contributed by atoms with Crippen LogP contribution in [0.2, 0.25) is 0 Å². The van der Waals surface area contributed by atoms with Gasteiger partial charge in [-0.2, -0.15) is 0 Å². The maximum Gasteiger partial charge on any atom is 0.304 e. The number of H-pyrrole nitrogens is 1. The van der Waals surface area contributed by atoms with Crippen molar-refractivity contribution in [2.24, 2.45) is 0 Å². The lowest BCUT2D eigenvalue weighted by molar-refractivity contribution is -0.136. The normalized spacial score (nSPS) is 11.2. The van der Waals surface area contributed by atoms with Gasteiger partial charge >= 0.3 is 5.97 Å². The van der Waals surface area contributed by atoms with Crippen molar-refractivity contribution in [2.75, 3.05) is 6.54 Å². The molecular weight excluding hydrogens is 236 g/mol. The van der Waals surface area contributed by atoms with Crippen LogP contribution in [0.1, 0.15) is 6.42 Å². The fourth-order valence-electron chi connectivity index (χ4n) is 0.939. The van der Waals surface area contributed by atoms with Gasteiger partial charge in [-0.25, -0.2) is 13.1 Å². The van der Waals surface area contributed by atoms with E-state index in [0.717, 1.165) is 18.3 Å². The highest BCUT2D eigenvalue weighted by Gasteiger charge is 2.13. The molecule has 3 N–H and O–H groups in total. The largest absolute Gasteiger partial charge is 0.481 e. The minimum atomic E-state index is -3.76. The van der Waals surface area contributed by atoms with E-state index in [2.05, 4.69) is 9.71 Å². The molecule has 0 spiro atoms. The zero-order valence-electron chi connectivity index (χ0n) is 8.13. The number of hydrogen-bond donors (Lipinski definition) is 3. The molecule has 16 heavy (non-hydrogen) atoms. The van der Waals surface area contributed by atoms with Crippen molar-refractivity contribution in [1.82, 2.24) is 9.71 Å². The third kappa shape index (κ3) is 3.48. The average Bonchev–Trinajstić information content (AvgIpc) is 2.17. The molecule has 0 amide bonds. The Morgan fingerprint density at radius 1 is 1.44 bits per heavy atom. The van der Waals surface area contributed by atoms with Crippen LogP contribution in [-0.2, 0) is 14.8 Å². The summed E-state index contributed by atoms with van der Waals surface area (Å²) < 4.78 is 25.1. The molecule has 1 aromatic heterocycles. The van der Waals surface area contributed by atoms with Gasteiger partial charge in [0.1, 0.15) is 0 Å². The Labute approximate surface area is 91.2 Å². The number of rotatable bonds is 5. The quantitative estimate of drug-likeness (QED) is 0.624. The number of carboxylic acid groups (broad SMARTS) is 1. The van der Waals surface area contributed by atoms with E-state index >= 15 is 0 Å². The molecule has 1 rings (SSSR count). The van der Waals surface area contributed by atoms with Crippen LogP contribution in [-0.4, -0.2) is 31.0 Å². The first-order valence-corrected chi connectivity index (χ1v) is 5.80. The summed E-state index contributed by atoms with van der Waals surface area (Å²) in [6.45, 7) is -0.198. The number of sulfonamides is 1. The first-order valence-electron chi connectivity index (χ1n) is 4.32. The van der Waals surface area contributed by atoms with E-state index < -0.39 is 21.6 Å². The van der Waals surface area contributed by atoms with Gasteiger partial charge in [0.2, 0.25) is 15.6 Å². The van der Waals surface area contributed by atoms with Crippen molar-refractivity contribution < 1.29 is 18.3 Å². The molecule has 0 saturated heterocycles. The number of carboxylic acids is 1. The molecule has 8 heteroatoms. The van der Waals surface area contributed by atoms with Crippen LogP contribution >= 0.6 is 0 Å². The predicted molar refractivity (Wildman–Crippen MR) is 54.5 cm³/mol. The van der Waals surface area contributed by atoms with Gasteiger partial charge in [-0.3, -0.25) is 9.59 Å². The Bertz CT molecular complexity index is 513. The number of hydrogen-bond acceptors (Lipinski definition) is 4. The molecule has 88 valence electrons. The Balaban J connectivity index is 2.74. The average molecular weight is 246 g/mol. The van der Waals surface area contributed by atoms with E-state index in [1.54, 1.807) is 0 Å². The fourth-order valence-corrected chi connectivity index (χ4v) is 1.94. The van der Waals surface area contributed by atoms with Crippen LogP contribution in [0.4, 0.5) is 0 Å². The van der Waals surface area contributed by atoms with E-state index in [9.17, 15) is 18.0 Å². The minimum absolute atomic E-state index is 0.113. The Morgan fingerprint density at radius 3 is 2.62 bits per heavy atom. The van der Waals surface area contributed by atoms with Gasteiger partial charge in [0.05, 0.1) is 11.3 Å². The number of aliphatic carboxylic acids is 1. The van der Waals surface area contributed by atoms with Crippen LogP contribution in [0, 0.1) is 0 Å². The molecule has 0 bridgehead atoms. The summed E-state index contributed by atoms with van der Waals surface area (Å²) in [6.07, 6.45) is 0.744. The van der Waals surface area contributed by atoms with Crippen molar-refractivity contribution in [3.8, 4) is 0 Å². The molecule has 0 saturated carbocycles. The lowest BCUT2D eigenvalue weighted by Gasteiger charge is -2.04. The molecular formula is C8H10N2O5S. The highest BCUT2D eigenvalue weighted by Crippen LogP contribution is 2.03. The Morgan fingerprint density at radius 2 is 2.12 bits per heavy atom. The summed E-state index contributed by atoms with van der Waals surface area (Å²) in [4.78, 5) is 23.0. The topological polar surface area (TPSA) is 116 Å². The first kappa shape index (κ1) is 12.4. The van der Waals surface area contributed by atoms with Gasteiger partial charge in [-0.1, -0.05) is 0 Å². The van der Waals surface area contributed by atoms with Gasteiger partial charge in [0, 0.05) is 18.8 Å². The van der Waals surface area contributed by atoms with Crippen molar-refractivity contribution in [3.05, 3.63) is 28.7 Å². The smallest absolute Gasteiger partial charge is 0.304 e. The van der Waals surface area contributed by atoms with Crippen molar-refractivity contribution >= 4 is 16.0 Å². The summed E-state index contributed by atoms with van der Waals surface area (Å²) >= 11 is 0. The van der Waals surface area contributed by atoms with Crippen LogP contribution in [0.3, 0.4) is 0 Å². The van der Waals surface area contributed by atoms with Gasteiger partial charge < -0.3 is 10.1 Å². The molecule has 0 aliphatic rings. The van der Waals surface area contributed by atoms with E-state index in [0.29, 0.717) is 0 Å². The monoisotopic (exact) mass is 246 g/mol. The molecule has 1 heterocycles. The Kier molecular flexibility index (Phi) is 3.80. The van der Waals surface area contributed by atoms with Crippen LogP contribution in [0.5, 0.6) is 0 Å². The van der Waals surface area contributed by atoms with E-state index in [1.165, 1.54) is 0 Å². The fraction of sp³-hybridized carbons (Fsp3) is 0.250. The van der Waals surface area contributed by atoms with Gasteiger partial charge in [-0.15, -0.1) is 0 Å². The maximum atomic E-state index is 11.5. The summed E-state index contributed by atoms with van der Waals surface area (Å²) in [5, 5.41) is 8.33. The number of nitrogens with one attached hydrogen (secondary N) is 2. The SMILES string of the molecule is O=C(O)CCNS(=O)(=O)c1ccc(=O)[nH]c1. The zero-order chi connectivity index (χ0) is 12.2. The van der Waals surface area contributed by atoms with E-state index in [1.807, 2.05) is 0 Å². The number of aromatic nitrogens is 1. The highest BCUT2D eigenvalue weighted by atomic mass is 32.2. The van der Waals surface area contributed by atoms with Crippen molar-refractivity contribution in [3.63, 3.8) is 0 Å². The van der Waals surface area contributed by atoms with E-state index in [4.69, 9.17) is 5.11 Å². The second kappa shape index (κ2) is 4.90.